The van der Waals surface area contributed by atoms with Crippen LogP contribution in [0.4, 0.5) is 32.8 Å². The van der Waals surface area contributed by atoms with Crippen molar-refractivity contribution in [3.8, 4) is 29.0 Å². The maximum atomic E-state index is 17.1. The molecule has 50 heavy (non-hydrogen) atoms. The smallest absolute Gasteiger partial charge is 0.319 e. The highest BCUT2D eigenvalue weighted by Gasteiger charge is 2.49. The second-order valence-corrected chi connectivity index (χ2v) is 15.9. The first kappa shape index (κ1) is 34.7. The first-order chi connectivity index (χ1) is 23.7. The predicted octanol–water partition coefficient (Wildman–Crippen LogP) is 5.23. The van der Waals surface area contributed by atoms with Crippen molar-refractivity contribution in [1.82, 2.24) is 19.6 Å². The number of sulfonamides is 1. The fourth-order valence-corrected chi connectivity index (χ4v) is 9.06. The van der Waals surface area contributed by atoms with Crippen LogP contribution in [0.3, 0.4) is 0 Å². The first-order valence-electron chi connectivity index (χ1n) is 15.5. The van der Waals surface area contributed by atoms with Gasteiger partial charge >= 0.3 is 6.01 Å². The fraction of sp³-hybridized carbons (Fsp3) is 0.452. The summed E-state index contributed by atoms with van der Waals surface area (Å²) in [6.07, 6.45) is -1.51. The van der Waals surface area contributed by atoms with Crippen LogP contribution in [0.5, 0.6) is 11.8 Å². The van der Waals surface area contributed by atoms with Crippen LogP contribution in [0.25, 0.3) is 32.1 Å². The van der Waals surface area contributed by atoms with Gasteiger partial charge in [-0.1, -0.05) is 17.7 Å². The third-order valence-electron chi connectivity index (χ3n) is 9.42. The zero-order valence-electron chi connectivity index (χ0n) is 26.3. The maximum Gasteiger partial charge on any atom is 0.319 e. The topological polar surface area (TPSA) is 147 Å². The van der Waals surface area contributed by atoms with Gasteiger partial charge in [-0.05, 0) is 31.0 Å². The number of anilines is 2. The number of nitrogens with two attached hydrogens (primary N) is 1. The number of nitrogens with one attached hydrogen (secondary N) is 1. The second kappa shape index (κ2) is 12.8. The zero-order chi connectivity index (χ0) is 35.7. The van der Waals surface area contributed by atoms with E-state index in [-0.39, 0.29) is 73.3 Å². The van der Waals surface area contributed by atoms with Crippen LogP contribution in [0.2, 0.25) is 5.02 Å². The van der Waals surface area contributed by atoms with Crippen molar-refractivity contribution in [3.63, 3.8) is 0 Å². The highest BCUT2D eigenvalue weighted by atomic mass is 35.5. The van der Waals surface area contributed by atoms with Gasteiger partial charge in [0.05, 0.1) is 45.1 Å². The number of thiophene rings is 1. The van der Waals surface area contributed by atoms with Gasteiger partial charge in [-0.2, -0.15) is 15.2 Å². The van der Waals surface area contributed by atoms with Crippen LogP contribution >= 0.6 is 22.9 Å². The van der Waals surface area contributed by atoms with Gasteiger partial charge in [0, 0.05) is 30.5 Å². The maximum absolute atomic E-state index is 17.1. The van der Waals surface area contributed by atoms with E-state index in [0.29, 0.717) is 13.0 Å². The van der Waals surface area contributed by atoms with Crippen LogP contribution in [-0.2, 0) is 10.0 Å². The average Bonchev–Trinajstić information content (AvgIpc) is 3.66. The summed E-state index contributed by atoms with van der Waals surface area (Å²) in [5.41, 5.74) is 4.45. The zero-order valence-corrected chi connectivity index (χ0v) is 28.7. The Bertz CT molecular complexity index is 2190. The van der Waals surface area contributed by atoms with Gasteiger partial charge < -0.3 is 20.1 Å². The minimum atomic E-state index is -3.80. The lowest BCUT2D eigenvalue weighted by Gasteiger charge is -2.32. The van der Waals surface area contributed by atoms with E-state index in [1.807, 2.05) is 11.0 Å². The molecular formula is C31H29ClF5N7O4S2. The summed E-state index contributed by atoms with van der Waals surface area (Å²) in [6.45, 7) is -0.966. The van der Waals surface area contributed by atoms with Gasteiger partial charge in [-0.3, -0.25) is 4.90 Å². The van der Waals surface area contributed by atoms with Crippen molar-refractivity contribution in [2.24, 2.45) is 0 Å². The molecule has 0 radical (unpaired) electrons. The van der Waals surface area contributed by atoms with E-state index in [0.717, 1.165) is 35.0 Å². The van der Waals surface area contributed by atoms with E-state index in [1.165, 1.54) is 6.07 Å². The molecule has 4 aromatic rings. The van der Waals surface area contributed by atoms with E-state index in [9.17, 15) is 31.2 Å². The molecule has 7 rings (SSSR count). The number of hydrogen-bond donors (Lipinski definition) is 2. The Kier molecular flexibility index (Phi) is 8.86. The Morgan fingerprint density at radius 3 is 2.80 bits per heavy atom. The van der Waals surface area contributed by atoms with Crippen LogP contribution in [-0.4, -0.2) is 93.1 Å². The Morgan fingerprint density at radius 2 is 2.08 bits per heavy atom. The fourth-order valence-electron chi connectivity index (χ4n) is 7.28. The molecule has 3 N–H and O–H groups in total. The molecule has 2 aromatic heterocycles. The molecule has 19 heteroatoms. The largest absolute Gasteiger partial charge is 0.489 e. The van der Waals surface area contributed by atoms with Crippen LogP contribution < -0.4 is 24.8 Å². The molecule has 3 atom stereocenters. The summed E-state index contributed by atoms with van der Waals surface area (Å²) in [6, 6.07) is 2.71. The van der Waals surface area contributed by atoms with E-state index < -0.39 is 77.1 Å². The van der Waals surface area contributed by atoms with Crippen molar-refractivity contribution < 1.29 is 39.8 Å². The van der Waals surface area contributed by atoms with Gasteiger partial charge in [-0.15, -0.1) is 11.3 Å². The van der Waals surface area contributed by atoms with Crippen molar-refractivity contribution in [2.75, 3.05) is 56.3 Å². The summed E-state index contributed by atoms with van der Waals surface area (Å²) in [7, 11) is -3.80. The van der Waals surface area contributed by atoms with Crippen molar-refractivity contribution >= 4 is 64.8 Å². The lowest BCUT2D eigenvalue weighted by atomic mass is 9.95. The molecule has 11 nitrogen and oxygen atoms in total. The summed E-state index contributed by atoms with van der Waals surface area (Å²) >= 11 is 7.68. The molecule has 3 aliphatic rings. The van der Waals surface area contributed by atoms with Crippen LogP contribution in [0.1, 0.15) is 24.8 Å². The molecule has 0 amide bonds. The number of ether oxygens (including phenoxy) is 2. The molecule has 5 heterocycles. The highest BCUT2D eigenvalue weighted by Crippen LogP contribution is 2.51. The third-order valence-corrected chi connectivity index (χ3v) is 11.5. The molecule has 0 aliphatic carbocycles. The first-order valence-corrected chi connectivity index (χ1v) is 18.6. The number of aromatic nitrogens is 2. The van der Waals surface area contributed by atoms with Gasteiger partial charge in [-0.25, -0.2) is 35.1 Å². The van der Waals surface area contributed by atoms with Crippen molar-refractivity contribution in [1.29, 1.82) is 5.26 Å². The lowest BCUT2D eigenvalue weighted by molar-refractivity contribution is 0.107. The predicted molar refractivity (Wildman–Crippen MR) is 178 cm³/mol. The highest BCUT2D eigenvalue weighted by molar-refractivity contribution is 7.88. The average molecular weight is 758 g/mol. The van der Waals surface area contributed by atoms with E-state index >= 15 is 4.39 Å². The molecule has 2 fully saturated rings. The minimum absolute atomic E-state index is 0.00119. The number of hydrogen-bond acceptors (Lipinski definition) is 11. The minimum Gasteiger partial charge on any atom is -0.489 e. The summed E-state index contributed by atoms with van der Waals surface area (Å²) < 4.78 is 113. The number of nitrogen functional groups attached to an aromatic ring is 1. The Hall–Kier alpha value is -3.76. The molecule has 1 unspecified atom stereocenters. The number of benzene rings is 2. The normalized spacial score (nSPS) is 22.3. The number of nitrogens with zero attached hydrogens (tertiary/aromatic N) is 5. The Morgan fingerprint density at radius 1 is 1.30 bits per heavy atom. The standard InChI is InChI=1S/C31H29ClF5N7O4S2/c1-50(45,46)40-9-15-12-47-26-22-25(24(37)21(23(26)32)16-3-4-18(34)27-20(16)17(8-38)28(39)49-27)41-30(42-29(22)44(15)11-19(35)36)48-13-31-5-2-6-43(31)10-14(33)7-31/h3-4,14-15,19,40H,2,5-7,9-13,39H2,1H3/t14-,15?,31+/m1/s1. The molecule has 0 saturated carbocycles. The molecule has 266 valence electrons. The van der Waals surface area contributed by atoms with Crippen molar-refractivity contribution in [3.05, 3.63) is 34.4 Å². The monoisotopic (exact) mass is 757 g/mol. The molecule has 0 spiro atoms. The molecule has 2 aromatic carbocycles. The summed E-state index contributed by atoms with van der Waals surface area (Å²) in [5, 5.41) is 9.33. The number of nitriles is 1. The number of fused-ring (bicyclic) bond motifs is 2. The van der Waals surface area contributed by atoms with Gasteiger partial charge in [0.15, 0.2) is 11.6 Å². The van der Waals surface area contributed by atoms with E-state index in [4.69, 9.17) is 26.8 Å². The van der Waals surface area contributed by atoms with Gasteiger partial charge in [0.2, 0.25) is 10.0 Å². The van der Waals surface area contributed by atoms with Gasteiger partial charge in [0.25, 0.3) is 6.43 Å². The summed E-state index contributed by atoms with van der Waals surface area (Å²) in [4.78, 5) is 11.9. The lowest BCUT2D eigenvalue weighted by Crippen LogP contribution is -2.48. The Labute approximate surface area is 291 Å². The van der Waals surface area contributed by atoms with E-state index in [2.05, 4.69) is 14.7 Å². The molecule has 0 bridgehead atoms. The summed E-state index contributed by atoms with van der Waals surface area (Å²) in [5.74, 6) is -2.26. The molecule has 3 aliphatic heterocycles. The number of rotatable bonds is 9. The Balaban J connectivity index is 1.46. The van der Waals surface area contributed by atoms with E-state index in [1.54, 1.807) is 0 Å². The number of halogens is 6. The van der Waals surface area contributed by atoms with Crippen LogP contribution in [0, 0.1) is 23.0 Å². The quantitative estimate of drug-likeness (QED) is 0.218. The second-order valence-electron chi connectivity index (χ2n) is 12.6. The molecular weight excluding hydrogens is 729 g/mol. The number of alkyl halides is 3. The molecule has 2 saturated heterocycles. The van der Waals surface area contributed by atoms with Gasteiger partial charge in [0.1, 0.15) is 47.6 Å². The van der Waals surface area contributed by atoms with Crippen molar-refractivity contribution in [2.45, 2.75) is 43.4 Å². The SMILES string of the molecule is CS(=O)(=O)NCC1COc2c(Cl)c(-c3ccc(F)c4sc(N)c(C#N)c34)c(F)c3nc(OC[C@@]45CCCN4C[C@H](F)C5)nc(c23)N1CC(F)F. The van der Waals surface area contributed by atoms with Crippen LogP contribution in [0.15, 0.2) is 12.1 Å². The third kappa shape index (κ3) is 5.92.